The molecule has 1 aromatic heterocycles. The van der Waals surface area contributed by atoms with E-state index >= 15 is 0 Å². The lowest BCUT2D eigenvalue weighted by molar-refractivity contribution is -0.129. The number of hydrogen-bond acceptors (Lipinski definition) is 4. The first-order valence-corrected chi connectivity index (χ1v) is 7.54. The number of likely N-dealkylation sites (tertiary alicyclic amines) is 1. The van der Waals surface area contributed by atoms with Crippen molar-refractivity contribution in [1.82, 2.24) is 9.88 Å². The van der Waals surface area contributed by atoms with Crippen molar-refractivity contribution in [3.05, 3.63) is 30.1 Å². The highest BCUT2D eigenvalue weighted by Crippen LogP contribution is 2.28. The van der Waals surface area contributed by atoms with Crippen molar-refractivity contribution < 1.29 is 17.1 Å². The van der Waals surface area contributed by atoms with Gasteiger partial charge in [-0.1, -0.05) is 0 Å². The normalized spacial score (nSPS) is 21.7. The third-order valence-electron chi connectivity index (χ3n) is 3.33. The lowest BCUT2D eigenvalue weighted by atomic mass is 10.1. The minimum Gasteiger partial charge on any atom is -0.336 e. The maximum atomic E-state index is 12.7. The van der Waals surface area contributed by atoms with Gasteiger partial charge in [0.15, 0.2) is 0 Å². The third kappa shape index (κ3) is 3.50. The molecule has 1 aliphatic rings. The molecule has 1 fully saturated rings. The summed E-state index contributed by atoms with van der Waals surface area (Å²) in [6.07, 6.45) is 3.35. The Balaban J connectivity index is 2.08. The van der Waals surface area contributed by atoms with Gasteiger partial charge in [-0.15, -0.1) is 3.89 Å². The topological polar surface area (TPSA) is 67.3 Å². The van der Waals surface area contributed by atoms with E-state index < -0.39 is 21.9 Å². The number of rotatable bonds is 4. The second-order valence-corrected chi connectivity index (χ2v) is 6.19. The molecule has 0 aromatic carbocycles. The Hall–Kier alpha value is -1.50. The van der Waals surface area contributed by atoms with Crippen LogP contribution in [0.3, 0.4) is 0 Å². The Bertz CT molecular complexity index is 562. The van der Waals surface area contributed by atoms with Crippen LogP contribution in [0.4, 0.5) is 3.89 Å². The number of amides is 1. The van der Waals surface area contributed by atoms with Gasteiger partial charge in [0.2, 0.25) is 5.91 Å². The zero-order valence-corrected chi connectivity index (χ0v) is 11.3. The molecule has 0 N–H and O–H groups in total. The van der Waals surface area contributed by atoms with Gasteiger partial charge in [-0.2, -0.15) is 8.42 Å². The molecule has 0 radical (unpaired) electrons. The van der Waals surface area contributed by atoms with Crippen molar-refractivity contribution >= 4 is 16.1 Å². The average Bonchev–Trinajstić information content (AvgIpc) is 2.68. The van der Waals surface area contributed by atoms with E-state index in [9.17, 15) is 17.1 Å². The van der Waals surface area contributed by atoms with Gasteiger partial charge < -0.3 is 4.90 Å². The fraction of sp³-hybridized carbons (Fsp3) is 0.500. The zero-order valence-electron chi connectivity index (χ0n) is 10.5. The lowest BCUT2D eigenvalue weighted by Gasteiger charge is -2.25. The molecule has 1 aliphatic heterocycles. The van der Waals surface area contributed by atoms with Gasteiger partial charge in [0.25, 0.3) is 0 Å². The Morgan fingerprint density at radius 3 is 2.68 bits per heavy atom. The minimum absolute atomic E-state index is 0.0819. The molecule has 0 spiro atoms. The number of carbonyl (C=O) groups excluding carboxylic acids is 1. The largest absolute Gasteiger partial charge is 0.336 e. The number of halogens is 1. The summed E-state index contributed by atoms with van der Waals surface area (Å²) in [6.45, 7) is 2.13. The van der Waals surface area contributed by atoms with Crippen LogP contribution in [0.2, 0.25) is 0 Å². The molecule has 0 aliphatic carbocycles. The lowest BCUT2D eigenvalue weighted by Crippen LogP contribution is -2.29. The molecule has 104 valence electrons. The SMILES string of the molecule is CC(c1ccncc1)N1CC(CS(=O)(=O)F)CC1=O. The van der Waals surface area contributed by atoms with Crippen LogP contribution in [0.1, 0.15) is 24.9 Å². The highest BCUT2D eigenvalue weighted by Gasteiger charge is 2.35. The van der Waals surface area contributed by atoms with Crippen molar-refractivity contribution in [1.29, 1.82) is 0 Å². The van der Waals surface area contributed by atoms with Crippen LogP contribution in [-0.4, -0.2) is 36.5 Å². The highest BCUT2D eigenvalue weighted by atomic mass is 32.3. The monoisotopic (exact) mass is 286 g/mol. The third-order valence-corrected chi connectivity index (χ3v) is 4.20. The maximum absolute atomic E-state index is 12.7. The van der Waals surface area contributed by atoms with E-state index in [2.05, 4.69) is 4.98 Å². The van der Waals surface area contributed by atoms with Gasteiger partial charge >= 0.3 is 10.2 Å². The summed E-state index contributed by atoms with van der Waals surface area (Å²) in [6, 6.07) is 3.44. The molecule has 2 rings (SSSR count). The maximum Gasteiger partial charge on any atom is 0.302 e. The second kappa shape index (κ2) is 5.24. The number of hydrogen-bond donors (Lipinski definition) is 0. The van der Waals surface area contributed by atoms with Gasteiger partial charge in [-0.3, -0.25) is 9.78 Å². The fourth-order valence-electron chi connectivity index (χ4n) is 2.40. The van der Waals surface area contributed by atoms with E-state index in [0.717, 1.165) is 5.56 Å². The number of aromatic nitrogens is 1. The minimum atomic E-state index is -4.53. The summed E-state index contributed by atoms with van der Waals surface area (Å²) < 4.78 is 33.9. The molecule has 1 saturated heterocycles. The summed E-state index contributed by atoms with van der Waals surface area (Å²) in [4.78, 5) is 17.4. The van der Waals surface area contributed by atoms with Gasteiger partial charge in [-0.25, -0.2) is 0 Å². The second-order valence-electron chi connectivity index (χ2n) is 4.78. The Labute approximate surface area is 111 Å². The Kier molecular flexibility index (Phi) is 3.84. The molecule has 2 unspecified atom stereocenters. The highest BCUT2D eigenvalue weighted by molar-refractivity contribution is 7.86. The summed E-state index contributed by atoms with van der Waals surface area (Å²) >= 11 is 0. The predicted octanol–water partition coefficient (Wildman–Crippen LogP) is 1.29. The van der Waals surface area contributed by atoms with Crippen LogP contribution >= 0.6 is 0 Å². The smallest absolute Gasteiger partial charge is 0.302 e. The van der Waals surface area contributed by atoms with Crippen LogP contribution in [0.15, 0.2) is 24.5 Å². The van der Waals surface area contributed by atoms with Crippen LogP contribution in [-0.2, 0) is 15.0 Å². The standard InChI is InChI=1S/C12H15FN2O3S/c1-9(11-2-4-14-5-3-11)15-7-10(6-12(15)16)8-19(13,17)18/h2-5,9-10H,6-8H2,1H3. The van der Waals surface area contributed by atoms with E-state index in [4.69, 9.17) is 0 Å². The molecule has 19 heavy (non-hydrogen) atoms. The zero-order chi connectivity index (χ0) is 14.0. The Morgan fingerprint density at radius 1 is 1.47 bits per heavy atom. The van der Waals surface area contributed by atoms with Crippen LogP contribution in [0.25, 0.3) is 0 Å². The van der Waals surface area contributed by atoms with Crippen molar-refractivity contribution in [2.45, 2.75) is 19.4 Å². The quantitative estimate of drug-likeness (QED) is 0.782. The van der Waals surface area contributed by atoms with Crippen LogP contribution in [0.5, 0.6) is 0 Å². The van der Waals surface area contributed by atoms with E-state index in [-0.39, 0.29) is 24.9 Å². The molecule has 5 nitrogen and oxygen atoms in total. The van der Waals surface area contributed by atoms with Crippen molar-refractivity contribution in [3.8, 4) is 0 Å². The first-order chi connectivity index (χ1) is 8.87. The van der Waals surface area contributed by atoms with Gasteiger partial charge in [0.1, 0.15) is 0 Å². The number of nitrogens with zero attached hydrogens (tertiary/aromatic N) is 2. The first-order valence-electron chi connectivity index (χ1n) is 5.98. The molecule has 1 amide bonds. The fourth-order valence-corrected chi connectivity index (χ4v) is 3.18. The molecule has 7 heteroatoms. The number of carbonyl (C=O) groups is 1. The van der Waals surface area contributed by atoms with E-state index in [1.807, 2.05) is 6.92 Å². The number of pyridine rings is 1. The summed E-state index contributed by atoms with van der Waals surface area (Å²) in [5, 5.41) is 0. The van der Waals surface area contributed by atoms with Crippen molar-refractivity contribution in [3.63, 3.8) is 0 Å². The molecule has 0 bridgehead atoms. The molecular weight excluding hydrogens is 271 g/mol. The molecule has 0 saturated carbocycles. The molecule has 2 atom stereocenters. The van der Waals surface area contributed by atoms with Crippen molar-refractivity contribution in [2.75, 3.05) is 12.3 Å². The summed E-state index contributed by atoms with van der Waals surface area (Å²) in [5.74, 6) is -1.19. The molecule has 2 heterocycles. The Morgan fingerprint density at radius 2 is 2.11 bits per heavy atom. The van der Waals surface area contributed by atoms with Gasteiger partial charge in [-0.05, 0) is 24.6 Å². The summed E-state index contributed by atoms with van der Waals surface area (Å²) in [7, 11) is -4.53. The van der Waals surface area contributed by atoms with E-state index in [1.54, 1.807) is 29.4 Å². The predicted molar refractivity (Wildman–Crippen MR) is 67.4 cm³/mol. The first kappa shape index (κ1) is 13.9. The van der Waals surface area contributed by atoms with E-state index in [1.165, 1.54) is 0 Å². The summed E-state index contributed by atoms with van der Waals surface area (Å²) in [5.41, 5.74) is 0.923. The molecular formula is C12H15FN2O3S. The van der Waals surface area contributed by atoms with Crippen LogP contribution < -0.4 is 0 Å². The van der Waals surface area contributed by atoms with Crippen LogP contribution in [0, 0.1) is 5.92 Å². The van der Waals surface area contributed by atoms with E-state index in [0.29, 0.717) is 0 Å². The average molecular weight is 286 g/mol. The molecule has 1 aromatic rings. The van der Waals surface area contributed by atoms with Gasteiger partial charge in [0, 0.05) is 31.3 Å². The van der Waals surface area contributed by atoms with Crippen molar-refractivity contribution in [2.24, 2.45) is 5.92 Å². The van der Waals surface area contributed by atoms with Gasteiger partial charge in [0.05, 0.1) is 11.8 Å².